The standard InChI is InChI=1S/C13H28O2Si/c1-5-10-16(14-3,15-4)11-12(2)13-8-6-7-9-13/h12-13H,5-11H2,1-4H3. The second-order valence-corrected chi connectivity index (χ2v) is 8.84. The molecule has 0 amide bonds. The van der Waals surface area contributed by atoms with Gasteiger partial charge in [0.05, 0.1) is 0 Å². The second-order valence-electron chi connectivity index (χ2n) is 5.29. The summed E-state index contributed by atoms with van der Waals surface area (Å²) in [6.07, 6.45) is 6.87. The zero-order valence-corrected chi connectivity index (χ0v) is 12.4. The van der Waals surface area contributed by atoms with Crippen molar-refractivity contribution in [2.24, 2.45) is 11.8 Å². The molecule has 0 aromatic rings. The van der Waals surface area contributed by atoms with Crippen molar-refractivity contribution in [1.82, 2.24) is 0 Å². The smallest absolute Gasteiger partial charge is 0.337 e. The van der Waals surface area contributed by atoms with Crippen molar-refractivity contribution in [3.63, 3.8) is 0 Å². The number of hydrogen-bond donors (Lipinski definition) is 0. The van der Waals surface area contributed by atoms with Gasteiger partial charge in [0.15, 0.2) is 0 Å². The molecule has 1 rings (SSSR count). The van der Waals surface area contributed by atoms with Gasteiger partial charge in [0.25, 0.3) is 0 Å². The molecule has 1 fully saturated rings. The van der Waals surface area contributed by atoms with E-state index in [1.54, 1.807) is 0 Å². The maximum Gasteiger partial charge on any atom is 0.337 e. The van der Waals surface area contributed by atoms with E-state index in [0.717, 1.165) is 17.9 Å². The molecule has 1 unspecified atom stereocenters. The van der Waals surface area contributed by atoms with Crippen molar-refractivity contribution in [3.8, 4) is 0 Å². The third-order valence-corrected chi connectivity index (χ3v) is 8.23. The average molecular weight is 244 g/mol. The van der Waals surface area contributed by atoms with Crippen LogP contribution in [0.4, 0.5) is 0 Å². The van der Waals surface area contributed by atoms with Crippen LogP contribution in [0.25, 0.3) is 0 Å². The highest BCUT2D eigenvalue weighted by atomic mass is 28.4. The van der Waals surface area contributed by atoms with Crippen LogP contribution >= 0.6 is 0 Å². The van der Waals surface area contributed by atoms with Crippen molar-refractivity contribution in [2.75, 3.05) is 14.2 Å². The summed E-state index contributed by atoms with van der Waals surface area (Å²) >= 11 is 0. The van der Waals surface area contributed by atoms with E-state index in [2.05, 4.69) is 13.8 Å². The van der Waals surface area contributed by atoms with Gasteiger partial charge in [0.1, 0.15) is 0 Å². The molecule has 1 aliphatic carbocycles. The second kappa shape index (κ2) is 6.77. The van der Waals surface area contributed by atoms with Crippen LogP contribution in [-0.2, 0) is 8.85 Å². The van der Waals surface area contributed by atoms with Crippen molar-refractivity contribution < 1.29 is 8.85 Å². The summed E-state index contributed by atoms with van der Waals surface area (Å²) in [6.45, 7) is 4.62. The maximum atomic E-state index is 5.77. The normalized spacial score (nSPS) is 20.2. The molecule has 1 saturated carbocycles. The Balaban J connectivity index is 2.52. The van der Waals surface area contributed by atoms with Gasteiger partial charge in [-0.3, -0.25) is 0 Å². The Morgan fingerprint density at radius 3 is 2.19 bits per heavy atom. The summed E-state index contributed by atoms with van der Waals surface area (Å²) in [5.74, 6) is 1.70. The Labute approximate surface area is 102 Å². The van der Waals surface area contributed by atoms with Crippen LogP contribution in [0.2, 0.25) is 12.1 Å². The highest BCUT2D eigenvalue weighted by Crippen LogP contribution is 2.36. The molecule has 96 valence electrons. The molecule has 1 aliphatic rings. The third-order valence-electron chi connectivity index (χ3n) is 4.21. The fourth-order valence-electron chi connectivity index (χ4n) is 3.12. The summed E-state index contributed by atoms with van der Waals surface area (Å²) < 4.78 is 11.5. The summed E-state index contributed by atoms with van der Waals surface area (Å²) in [7, 11) is 1.81. The minimum absolute atomic E-state index is 0.778. The van der Waals surface area contributed by atoms with Gasteiger partial charge in [-0.15, -0.1) is 0 Å². The number of hydrogen-bond acceptors (Lipinski definition) is 2. The fraction of sp³-hybridized carbons (Fsp3) is 1.00. The molecule has 0 radical (unpaired) electrons. The van der Waals surface area contributed by atoms with Crippen LogP contribution in [0.3, 0.4) is 0 Å². The van der Waals surface area contributed by atoms with E-state index in [0.29, 0.717) is 0 Å². The topological polar surface area (TPSA) is 18.5 Å². The summed E-state index contributed by atoms with van der Waals surface area (Å²) in [5, 5.41) is 0. The summed E-state index contributed by atoms with van der Waals surface area (Å²) in [5.41, 5.74) is 0. The van der Waals surface area contributed by atoms with Crippen molar-refractivity contribution in [2.45, 2.75) is 58.0 Å². The average Bonchev–Trinajstić information content (AvgIpc) is 2.82. The third kappa shape index (κ3) is 3.57. The molecule has 0 spiro atoms. The van der Waals surface area contributed by atoms with Gasteiger partial charge >= 0.3 is 8.56 Å². The first-order chi connectivity index (χ1) is 7.67. The minimum Gasteiger partial charge on any atom is -0.398 e. The molecule has 0 heterocycles. The lowest BCUT2D eigenvalue weighted by atomic mass is 9.94. The van der Waals surface area contributed by atoms with E-state index in [9.17, 15) is 0 Å². The van der Waals surface area contributed by atoms with Crippen LogP contribution in [0.5, 0.6) is 0 Å². The monoisotopic (exact) mass is 244 g/mol. The van der Waals surface area contributed by atoms with Crippen LogP contribution in [-0.4, -0.2) is 22.8 Å². The number of rotatable bonds is 7. The van der Waals surface area contributed by atoms with Crippen LogP contribution in [0.1, 0.15) is 46.0 Å². The highest BCUT2D eigenvalue weighted by molar-refractivity contribution is 6.67. The van der Waals surface area contributed by atoms with Crippen LogP contribution in [0, 0.1) is 11.8 Å². The lowest BCUT2D eigenvalue weighted by molar-refractivity contribution is 0.225. The minimum atomic E-state index is -1.87. The Morgan fingerprint density at radius 2 is 1.75 bits per heavy atom. The molecule has 0 N–H and O–H groups in total. The molecule has 2 nitrogen and oxygen atoms in total. The zero-order valence-electron chi connectivity index (χ0n) is 11.4. The Kier molecular flexibility index (Phi) is 6.01. The molecule has 3 heteroatoms. The van der Waals surface area contributed by atoms with Gasteiger partial charge < -0.3 is 8.85 Å². The first kappa shape index (κ1) is 14.2. The van der Waals surface area contributed by atoms with Gasteiger partial charge in [-0.2, -0.15) is 0 Å². The lowest BCUT2D eigenvalue weighted by Crippen LogP contribution is -2.42. The summed E-state index contributed by atoms with van der Waals surface area (Å²) in [6, 6.07) is 2.32. The summed E-state index contributed by atoms with van der Waals surface area (Å²) in [4.78, 5) is 0. The Bertz CT molecular complexity index is 186. The predicted octanol–water partition coefficient (Wildman–Crippen LogP) is 3.96. The first-order valence-electron chi connectivity index (χ1n) is 6.77. The molecule has 16 heavy (non-hydrogen) atoms. The molecule has 1 atom stereocenters. The quantitative estimate of drug-likeness (QED) is 0.631. The Morgan fingerprint density at radius 1 is 1.19 bits per heavy atom. The largest absolute Gasteiger partial charge is 0.398 e. The van der Waals surface area contributed by atoms with E-state index in [1.807, 2.05) is 14.2 Å². The molecule has 0 aromatic heterocycles. The first-order valence-corrected chi connectivity index (χ1v) is 9.01. The van der Waals surface area contributed by atoms with E-state index in [-0.39, 0.29) is 0 Å². The predicted molar refractivity (Wildman–Crippen MR) is 70.8 cm³/mol. The zero-order chi connectivity index (χ0) is 12.0. The maximum absolute atomic E-state index is 5.77. The molecule has 0 bridgehead atoms. The van der Waals surface area contributed by atoms with Gasteiger partial charge in [0, 0.05) is 14.2 Å². The van der Waals surface area contributed by atoms with E-state index in [1.165, 1.54) is 38.1 Å². The van der Waals surface area contributed by atoms with E-state index >= 15 is 0 Å². The molecular formula is C13H28O2Si. The highest BCUT2D eigenvalue weighted by Gasteiger charge is 2.38. The molecular weight excluding hydrogens is 216 g/mol. The molecule has 0 aliphatic heterocycles. The van der Waals surface area contributed by atoms with Crippen molar-refractivity contribution in [3.05, 3.63) is 0 Å². The van der Waals surface area contributed by atoms with Crippen molar-refractivity contribution in [1.29, 1.82) is 0 Å². The van der Waals surface area contributed by atoms with Gasteiger partial charge in [-0.25, -0.2) is 0 Å². The van der Waals surface area contributed by atoms with Gasteiger partial charge in [-0.1, -0.05) is 46.0 Å². The SMILES string of the molecule is CCC[Si](CC(C)C1CCCC1)(OC)OC. The van der Waals surface area contributed by atoms with Gasteiger partial charge in [-0.05, 0) is 23.9 Å². The van der Waals surface area contributed by atoms with Crippen molar-refractivity contribution >= 4 is 8.56 Å². The molecule has 0 aromatic carbocycles. The van der Waals surface area contributed by atoms with Crippen LogP contribution in [0.15, 0.2) is 0 Å². The van der Waals surface area contributed by atoms with E-state index in [4.69, 9.17) is 8.85 Å². The van der Waals surface area contributed by atoms with E-state index < -0.39 is 8.56 Å². The fourth-order valence-corrected chi connectivity index (χ4v) is 6.31. The van der Waals surface area contributed by atoms with Crippen LogP contribution < -0.4 is 0 Å². The lowest BCUT2D eigenvalue weighted by Gasteiger charge is -2.31. The van der Waals surface area contributed by atoms with Gasteiger partial charge in [0.2, 0.25) is 0 Å². The molecule has 0 saturated heterocycles. The Hall–Kier alpha value is 0.137.